The molecule has 0 unspecified atom stereocenters. The van der Waals surface area contributed by atoms with Crippen LogP contribution in [0, 0.1) is 0 Å². The SMILES string of the molecule is COCCCN1C(=O)C(=Cc2c(NCCCn3ccnc3)nc3ccccn3c2=O)SC1=S. The number of imidazole rings is 1. The minimum absolute atomic E-state index is 0.204. The highest BCUT2D eigenvalue weighted by molar-refractivity contribution is 8.26. The number of carbonyl (C=O) groups excluding carboxylic acids is 1. The number of rotatable bonds is 10. The Bertz CT molecular complexity index is 1240. The Balaban J connectivity index is 1.60. The predicted molar refractivity (Wildman–Crippen MR) is 133 cm³/mol. The molecule has 1 N–H and O–H groups in total. The molecule has 0 radical (unpaired) electrons. The zero-order chi connectivity index (χ0) is 23.2. The van der Waals surface area contributed by atoms with E-state index in [0.717, 1.165) is 13.0 Å². The van der Waals surface area contributed by atoms with Crippen LogP contribution in [-0.4, -0.2) is 60.9 Å². The number of hydrogen-bond acceptors (Lipinski definition) is 8. The third-order valence-corrected chi connectivity index (χ3v) is 6.47. The number of ether oxygens (including phenoxy) is 1. The zero-order valence-electron chi connectivity index (χ0n) is 18.1. The number of hydrogen-bond donors (Lipinski definition) is 1. The minimum atomic E-state index is -0.248. The van der Waals surface area contributed by atoms with Crippen molar-refractivity contribution in [3.63, 3.8) is 0 Å². The first kappa shape index (κ1) is 23.1. The van der Waals surface area contributed by atoms with Crippen LogP contribution in [-0.2, 0) is 16.1 Å². The van der Waals surface area contributed by atoms with Crippen LogP contribution in [0.5, 0.6) is 0 Å². The molecule has 0 atom stereocenters. The maximum Gasteiger partial charge on any atom is 0.267 e. The lowest BCUT2D eigenvalue weighted by atomic mass is 10.2. The number of aryl methyl sites for hydroxylation is 1. The number of anilines is 1. The van der Waals surface area contributed by atoms with Gasteiger partial charge >= 0.3 is 0 Å². The van der Waals surface area contributed by atoms with Crippen molar-refractivity contribution in [1.82, 2.24) is 23.8 Å². The largest absolute Gasteiger partial charge is 0.385 e. The lowest BCUT2D eigenvalue weighted by molar-refractivity contribution is -0.122. The number of carbonyl (C=O) groups is 1. The van der Waals surface area contributed by atoms with Gasteiger partial charge in [0.1, 0.15) is 15.8 Å². The normalized spacial score (nSPS) is 15.2. The van der Waals surface area contributed by atoms with Crippen molar-refractivity contribution in [3.05, 3.63) is 63.9 Å². The predicted octanol–water partition coefficient (Wildman–Crippen LogP) is 2.63. The number of nitrogens with zero attached hydrogens (tertiary/aromatic N) is 5. The molecule has 1 saturated heterocycles. The van der Waals surface area contributed by atoms with Crippen molar-refractivity contribution in [2.45, 2.75) is 19.4 Å². The number of pyridine rings is 1. The van der Waals surface area contributed by atoms with Gasteiger partial charge in [0.2, 0.25) is 0 Å². The maximum atomic E-state index is 13.3. The lowest BCUT2D eigenvalue weighted by Crippen LogP contribution is -2.29. The average Bonchev–Trinajstić information content (AvgIpc) is 3.42. The third kappa shape index (κ3) is 5.32. The molecule has 11 heteroatoms. The smallest absolute Gasteiger partial charge is 0.267 e. The van der Waals surface area contributed by atoms with Crippen molar-refractivity contribution in [2.75, 3.05) is 32.1 Å². The molecular formula is C22H24N6O3S2. The molecule has 3 aromatic rings. The molecule has 1 aliphatic heterocycles. The standard InChI is InChI=1S/C22H24N6O3S2/c1-31-13-5-11-28-21(30)17(33-22(28)32)14-16-19(24-7-4-9-26-12-8-23-15-26)25-18-6-2-3-10-27(18)20(16)29/h2-3,6,8,10,12,14-15,24H,4-5,7,9,11,13H2,1H3. The summed E-state index contributed by atoms with van der Waals surface area (Å²) in [6.45, 7) is 2.41. The summed E-state index contributed by atoms with van der Waals surface area (Å²) in [5, 5.41) is 3.28. The molecular weight excluding hydrogens is 460 g/mol. The first-order valence-corrected chi connectivity index (χ1v) is 11.8. The molecule has 1 fully saturated rings. The van der Waals surface area contributed by atoms with Crippen LogP contribution in [0.15, 0.2) is 52.8 Å². The summed E-state index contributed by atoms with van der Waals surface area (Å²) in [4.78, 5) is 36.9. The van der Waals surface area contributed by atoms with E-state index in [9.17, 15) is 9.59 Å². The van der Waals surface area contributed by atoms with Gasteiger partial charge in [-0.05, 0) is 31.1 Å². The summed E-state index contributed by atoms with van der Waals surface area (Å²) in [5.41, 5.74) is 0.616. The van der Waals surface area contributed by atoms with E-state index in [0.29, 0.717) is 52.4 Å². The summed E-state index contributed by atoms with van der Waals surface area (Å²) in [6.07, 6.45) is 10.2. The molecule has 0 aliphatic carbocycles. The fourth-order valence-corrected chi connectivity index (χ4v) is 4.74. The van der Waals surface area contributed by atoms with Crippen molar-refractivity contribution in [1.29, 1.82) is 0 Å². The highest BCUT2D eigenvalue weighted by Crippen LogP contribution is 2.33. The molecule has 1 aliphatic rings. The van der Waals surface area contributed by atoms with Gasteiger partial charge in [-0.2, -0.15) is 0 Å². The van der Waals surface area contributed by atoms with Crippen LogP contribution in [0.2, 0.25) is 0 Å². The van der Waals surface area contributed by atoms with E-state index in [1.165, 1.54) is 16.2 Å². The van der Waals surface area contributed by atoms with Gasteiger partial charge in [0.25, 0.3) is 11.5 Å². The molecule has 0 saturated carbocycles. The number of fused-ring (bicyclic) bond motifs is 1. The van der Waals surface area contributed by atoms with E-state index < -0.39 is 0 Å². The number of amides is 1. The summed E-state index contributed by atoms with van der Waals surface area (Å²) < 4.78 is 9.01. The third-order valence-electron chi connectivity index (χ3n) is 5.09. The summed E-state index contributed by atoms with van der Waals surface area (Å²) in [7, 11) is 1.62. The Morgan fingerprint density at radius 1 is 1.21 bits per heavy atom. The van der Waals surface area contributed by atoms with E-state index >= 15 is 0 Å². The van der Waals surface area contributed by atoms with Crippen molar-refractivity contribution in [3.8, 4) is 0 Å². The highest BCUT2D eigenvalue weighted by Gasteiger charge is 2.32. The van der Waals surface area contributed by atoms with Gasteiger partial charge in [0.15, 0.2) is 0 Å². The summed E-state index contributed by atoms with van der Waals surface area (Å²) in [5.74, 6) is 0.242. The molecule has 0 bridgehead atoms. The van der Waals surface area contributed by atoms with E-state index in [4.69, 9.17) is 17.0 Å². The first-order chi connectivity index (χ1) is 16.1. The van der Waals surface area contributed by atoms with Crippen LogP contribution < -0.4 is 10.9 Å². The van der Waals surface area contributed by atoms with E-state index in [1.807, 2.05) is 16.8 Å². The van der Waals surface area contributed by atoms with E-state index in [1.54, 1.807) is 48.9 Å². The maximum absolute atomic E-state index is 13.3. The fraction of sp³-hybridized carbons (Fsp3) is 0.318. The number of thioether (sulfide) groups is 1. The second-order valence-electron chi connectivity index (χ2n) is 7.37. The van der Waals surface area contributed by atoms with Crippen LogP contribution >= 0.6 is 24.0 Å². The molecule has 4 heterocycles. The quantitative estimate of drug-likeness (QED) is 0.267. The number of nitrogens with one attached hydrogen (secondary N) is 1. The topological polar surface area (TPSA) is 93.8 Å². The molecule has 0 spiro atoms. The van der Waals surface area contributed by atoms with Crippen molar-refractivity contribution < 1.29 is 9.53 Å². The monoisotopic (exact) mass is 484 g/mol. The van der Waals surface area contributed by atoms with Crippen LogP contribution in [0.25, 0.3) is 11.7 Å². The van der Waals surface area contributed by atoms with Crippen molar-refractivity contribution in [2.24, 2.45) is 0 Å². The van der Waals surface area contributed by atoms with Crippen LogP contribution in [0.1, 0.15) is 18.4 Å². The van der Waals surface area contributed by atoms with Gasteiger partial charge < -0.3 is 14.6 Å². The molecule has 4 rings (SSSR count). The van der Waals surface area contributed by atoms with Gasteiger partial charge in [-0.1, -0.05) is 30.0 Å². The number of methoxy groups -OCH3 is 1. The second kappa shape index (κ2) is 10.7. The van der Waals surface area contributed by atoms with Gasteiger partial charge in [-0.3, -0.25) is 18.9 Å². The number of aromatic nitrogens is 4. The zero-order valence-corrected chi connectivity index (χ0v) is 19.8. The van der Waals surface area contributed by atoms with E-state index in [-0.39, 0.29) is 11.5 Å². The molecule has 1 amide bonds. The van der Waals surface area contributed by atoms with Crippen molar-refractivity contribution >= 4 is 51.7 Å². The fourth-order valence-electron chi connectivity index (χ4n) is 3.45. The highest BCUT2D eigenvalue weighted by atomic mass is 32.2. The first-order valence-electron chi connectivity index (χ1n) is 10.5. The van der Waals surface area contributed by atoms with Crippen LogP contribution in [0.4, 0.5) is 5.82 Å². The second-order valence-corrected chi connectivity index (χ2v) is 9.04. The Labute approximate surface area is 200 Å². The minimum Gasteiger partial charge on any atom is -0.385 e. The van der Waals surface area contributed by atoms with E-state index in [2.05, 4.69) is 15.3 Å². The average molecular weight is 485 g/mol. The Morgan fingerprint density at radius 3 is 2.88 bits per heavy atom. The van der Waals surface area contributed by atoms with Gasteiger partial charge in [0.05, 0.1) is 16.8 Å². The van der Waals surface area contributed by atoms with Crippen LogP contribution in [0.3, 0.4) is 0 Å². The van der Waals surface area contributed by atoms with Gasteiger partial charge in [0, 0.05) is 51.9 Å². The van der Waals surface area contributed by atoms with Gasteiger partial charge in [-0.15, -0.1) is 0 Å². The molecule has 33 heavy (non-hydrogen) atoms. The summed E-state index contributed by atoms with van der Waals surface area (Å²) >= 11 is 6.59. The Kier molecular flexibility index (Phi) is 7.53. The molecule has 3 aromatic heterocycles. The summed E-state index contributed by atoms with van der Waals surface area (Å²) in [6, 6.07) is 5.37. The molecule has 9 nitrogen and oxygen atoms in total. The molecule has 172 valence electrons. The Hall–Kier alpha value is -3.02. The lowest BCUT2D eigenvalue weighted by Gasteiger charge is -2.13. The molecule has 0 aromatic carbocycles. The Morgan fingerprint density at radius 2 is 2.09 bits per heavy atom. The number of thiocarbonyl (C=S) groups is 1. The van der Waals surface area contributed by atoms with Gasteiger partial charge in [-0.25, -0.2) is 9.97 Å².